The van der Waals surface area contributed by atoms with Gasteiger partial charge in [0.25, 0.3) is 11.8 Å². The topological polar surface area (TPSA) is 141 Å². The molecule has 178 valence electrons. The van der Waals surface area contributed by atoms with Crippen LogP contribution in [-0.4, -0.2) is 41.4 Å². The number of ether oxygens (including phenoxy) is 1. The van der Waals surface area contributed by atoms with Crippen molar-refractivity contribution in [1.82, 2.24) is 9.69 Å². The molecule has 0 spiro atoms. The number of hydrogen-bond acceptors (Lipinski definition) is 8. The second-order valence-electron chi connectivity index (χ2n) is 7.90. The quantitative estimate of drug-likeness (QED) is 0.435. The zero-order valence-electron chi connectivity index (χ0n) is 18.5. The van der Waals surface area contributed by atoms with Gasteiger partial charge in [0.2, 0.25) is 5.91 Å². The summed E-state index contributed by atoms with van der Waals surface area (Å²) in [4.78, 5) is 41.3. The van der Waals surface area contributed by atoms with Crippen LogP contribution in [-0.2, 0) is 9.53 Å². The first kappa shape index (κ1) is 23.9. The van der Waals surface area contributed by atoms with E-state index in [1.165, 1.54) is 16.2 Å². The maximum Gasteiger partial charge on any atom is 0.273 e. The number of primary amides is 1. The highest BCUT2D eigenvalue weighted by atomic mass is 32.1. The first-order valence-corrected chi connectivity index (χ1v) is 12.4. The molecular formula is C23H25N5O4S2. The molecule has 3 aromatic rings. The van der Waals surface area contributed by atoms with Crippen LogP contribution in [0.3, 0.4) is 0 Å². The molecule has 9 nitrogen and oxygen atoms in total. The Labute approximate surface area is 204 Å². The Morgan fingerprint density at radius 1 is 1.26 bits per heavy atom. The van der Waals surface area contributed by atoms with E-state index >= 15 is 0 Å². The smallest absolute Gasteiger partial charge is 0.273 e. The molecule has 1 fully saturated rings. The Hall–Kier alpha value is -3.28. The fourth-order valence-corrected chi connectivity index (χ4v) is 5.43. The fourth-order valence-electron chi connectivity index (χ4n) is 3.87. The monoisotopic (exact) mass is 499 g/mol. The van der Waals surface area contributed by atoms with E-state index in [9.17, 15) is 14.4 Å². The Morgan fingerprint density at radius 2 is 2.06 bits per heavy atom. The zero-order valence-corrected chi connectivity index (χ0v) is 20.2. The summed E-state index contributed by atoms with van der Waals surface area (Å²) < 4.78 is 9.61. The number of anilines is 2. The molecule has 0 bridgehead atoms. The van der Waals surface area contributed by atoms with Crippen molar-refractivity contribution in [3.05, 3.63) is 62.8 Å². The van der Waals surface area contributed by atoms with E-state index in [2.05, 4.69) is 9.69 Å². The number of rotatable bonds is 8. The number of carbonyl (C=O) groups excluding carboxylic acids is 3. The molecule has 11 heteroatoms. The average Bonchev–Trinajstić information content (AvgIpc) is 3.58. The molecule has 0 unspecified atom stereocenters. The first-order chi connectivity index (χ1) is 16.4. The number of aromatic nitrogens is 1. The molecule has 1 aliphatic heterocycles. The minimum Gasteiger partial charge on any atom is -0.395 e. The van der Waals surface area contributed by atoms with Crippen molar-refractivity contribution in [2.45, 2.75) is 31.9 Å². The minimum atomic E-state index is -0.964. The van der Waals surface area contributed by atoms with E-state index < -0.39 is 17.9 Å². The molecule has 4 rings (SSSR count). The fraction of sp³-hybridized carbons (Fsp3) is 0.304. The third kappa shape index (κ3) is 4.81. The molecule has 2 atom stereocenters. The maximum absolute atomic E-state index is 13.9. The van der Waals surface area contributed by atoms with Crippen LogP contribution >= 0.6 is 22.9 Å². The lowest BCUT2D eigenvalue weighted by atomic mass is 10.1. The van der Waals surface area contributed by atoms with Crippen molar-refractivity contribution in [2.24, 2.45) is 5.73 Å². The molecule has 34 heavy (non-hydrogen) atoms. The summed E-state index contributed by atoms with van der Waals surface area (Å²) in [6.07, 6.45) is 1.78. The van der Waals surface area contributed by atoms with Gasteiger partial charge in [-0.05, 0) is 54.4 Å². The number of nitrogens with zero attached hydrogens (tertiary/aromatic N) is 2. The van der Waals surface area contributed by atoms with Gasteiger partial charge in [-0.15, -0.1) is 11.3 Å². The van der Waals surface area contributed by atoms with Gasteiger partial charge in [-0.2, -0.15) is 4.37 Å². The summed E-state index contributed by atoms with van der Waals surface area (Å²) in [5.41, 5.74) is 12.5. The highest BCUT2D eigenvalue weighted by Crippen LogP contribution is 2.36. The lowest BCUT2D eigenvalue weighted by Gasteiger charge is -2.31. The lowest BCUT2D eigenvalue weighted by molar-refractivity contribution is -0.122. The predicted octanol–water partition coefficient (Wildman–Crippen LogP) is 2.88. The van der Waals surface area contributed by atoms with Crippen molar-refractivity contribution >= 4 is 52.0 Å². The molecule has 0 radical (unpaired) electrons. The van der Waals surface area contributed by atoms with Crippen LogP contribution in [0.5, 0.6) is 0 Å². The lowest BCUT2D eigenvalue weighted by Crippen LogP contribution is -2.45. The second kappa shape index (κ2) is 10.3. The van der Waals surface area contributed by atoms with Crippen LogP contribution in [0.2, 0.25) is 0 Å². The van der Waals surface area contributed by atoms with Gasteiger partial charge in [-0.1, -0.05) is 24.3 Å². The van der Waals surface area contributed by atoms with Crippen molar-refractivity contribution in [2.75, 3.05) is 23.8 Å². The molecule has 2 aromatic heterocycles. The van der Waals surface area contributed by atoms with Crippen molar-refractivity contribution in [1.29, 1.82) is 0 Å². The molecule has 3 amide bonds. The predicted molar refractivity (Wildman–Crippen MR) is 132 cm³/mol. The van der Waals surface area contributed by atoms with E-state index in [0.29, 0.717) is 23.7 Å². The highest BCUT2D eigenvalue weighted by Gasteiger charge is 2.37. The van der Waals surface area contributed by atoms with Crippen molar-refractivity contribution in [3.8, 4) is 0 Å². The number of benzene rings is 1. The van der Waals surface area contributed by atoms with E-state index in [1.54, 1.807) is 12.1 Å². The van der Waals surface area contributed by atoms with Crippen LogP contribution in [0.4, 0.5) is 11.4 Å². The number of para-hydroxylation sites is 1. The van der Waals surface area contributed by atoms with Gasteiger partial charge in [0.1, 0.15) is 4.88 Å². The standard InChI is InChI=1S/C23H25N5O4S2/c1-13-6-2-3-8-15(13)28(23(31)20-17(24)18(21(25)29)27-34-20)19(16-9-5-11-33-16)22(30)26-12-14-7-4-10-32-14/h2-3,5-6,8-9,11,14,19H,4,7,10,12,24H2,1H3,(H2,25,29)(H,26,30)/t14-,19+/m1/s1. The molecule has 1 aliphatic rings. The van der Waals surface area contributed by atoms with Gasteiger partial charge >= 0.3 is 0 Å². The van der Waals surface area contributed by atoms with Crippen LogP contribution in [0.15, 0.2) is 41.8 Å². The molecule has 5 N–H and O–H groups in total. The Kier molecular flexibility index (Phi) is 7.25. The van der Waals surface area contributed by atoms with Crippen molar-refractivity contribution < 1.29 is 19.1 Å². The van der Waals surface area contributed by atoms with Crippen LogP contribution in [0.1, 0.15) is 49.5 Å². The van der Waals surface area contributed by atoms with Crippen molar-refractivity contribution in [3.63, 3.8) is 0 Å². The first-order valence-electron chi connectivity index (χ1n) is 10.7. The van der Waals surface area contributed by atoms with Gasteiger partial charge in [0.15, 0.2) is 11.7 Å². The molecular weight excluding hydrogens is 474 g/mol. The number of amides is 3. The Bertz CT molecular complexity index is 1190. The van der Waals surface area contributed by atoms with Crippen LogP contribution < -0.4 is 21.7 Å². The SMILES string of the molecule is Cc1ccccc1N(C(=O)c1snc(C(N)=O)c1N)[C@H](C(=O)NC[C@H]1CCCO1)c1cccs1. The van der Waals surface area contributed by atoms with Gasteiger partial charge in [-0.3, -0.25) is 19.3 Å². The third-order valence-electron chi connectivity index (χ3n) is 5.60. The molecule has 1 aromatic carbocycles. The van der Waals surface area contributed by atoms with Crippen LogP contribution in [0, 0.1) is 6.92 Å². The highest BCUT2D eigenvalue weighted by molar-refractivity contribution is 7.10. The summed E-state index contributed by atoms with van der Waals surface area (Å²) in [5, 5.41) is 4.81. The summed E-state index contributed by atoms with van der Waals surface area (Å²) in [7, 11) is 0. The van der Waals surface area contributed by atoms with Gasteiger partial charge in [-0.25, -0.2) is 0 Å². The third-order valence-corrected chi connectivity index (χ3v) is 7.37. The number of thiophene rings is 1. The molecule has 3 heterocycles. The number of carbonyl (C=O) groups is 3. The van der Waals surface area contributed by atoms with E-state index in [4.69, 9.17) is 16.2 Å². The number of nitrogens with two attached hydrogens (primary N) is 2. The number of nitrogen functional groups attached to an aromatic ring is 1. The maximum atomic E-state index is 13.9. The molecule has 1 saturated heterocycles. The van der Waals surface area contributed by atoms with E-state index in [-0.39, 0.29) is 28.3 Å². The number of aryl methyl sites for hydroxylation is 1. The normalized spacial score (nSPS) is 16.2. The Morgan fingerprint density at radius 3 is 2.68 bits per heavy atom. The van der Waals surface area contributed by atoms with E-state index in [0.717, 1.165) is 29.9 Å². The summed E-state index contributed by atoms with van der Waals surface area (Å²) in [6.45, 7) is 2.89. The largest absolute Gasteiger partial charge is 0.395 e. The van der Waals surface area contributed by atoms with Gasteiger partial charge in [0.05, 0.1) is 11.8 Å². The van der Waals surface area contributed by atoms with Crippen LogP contribution in [0.25, 0.3) is 0 Å². The second-order valence-corrected chi connectivity index (χ2v) is 9.65. The van der Waals surface area contributed by atoms with Gasteiger partial charge in [0, 0.05) is 23.7 Å². The molecule has 0 saturated carbocycles. The Balaban J connectivity index is 1.77. The van der Waals surface area contributed by atoms with Gasteiger partial charge < -0.3 is 21.5 Å². The summed E-state index contributed by atoms with van der Waals surface area (Å²) >= 11 is 2.16. The minimum absolute atomic E-state index is 0.0468. The summed E-state index contributed by atoms with van der Waals surface area (Å²) in [6, 6.07) is 9.95. The zero-order chi connectivity index (χ0) is 24.2. The summed E-state index contributed by atoms with van der Waals surface area (Å²) in [5.74, 6) is -1.70. The number of nitrogens with one attached hydrogen (secondary N) is 1. The van der Waals surface area contributed by atoms with E-state index in [1.807, 2.05) is 36.6 Å². The molecule has 0 aliphatic carbocycles. The average molecular weight is 500 g/mol. The number of hydrogen-bond donors (Lipinski definition) is 3.